The van der Waals surface area contributed by atoms with E-state index in [1.807, 2.05) is 6.07 Å². The fourth-order valence-electron chi connectivity index (χ4n) is 5.66. The van der Waals surface area contributed by atoms with Crippen molar-refractivity contribution in [2.75, 3.05) is 20.2 Å². The highest BCUT2D eigenvalue weighted by molar-refractivity contribution is 6.01. The van der Waals surface area contributed by atoms with Crippen LogP contribution in [0.5, 0.6) is 11.5 Å². The number of rotatable bonds is 12. The van der Waals surface area contributed by atoms with Crippen molar-refractivity contribution in [3.8, 4) is 22.8 Å². The van der Waals surface area contributed by atoms with Crippen molar-refractivity contribution < 1.29 is 33.4 Å². The lowest BCUT2D eigenvalue weighted by Gasteiger charge is -2.26. The van der Waals surface area contributed by atoms with Gasteiger partial charge in [0.15, 0.2) is 5.78 Å². The number of carbonyl (C=O) groups excluding carboxylic acids is 3. The molecule has 0 spiro atoms. The number of aromatic nitrogens is 2. The minimum Gasteiger partial charge on any atom is -0.489 e. The summed E-state index contributed by atoms with van der Waals surface area (Å²) in [6, 6.07) is 14.5. The minimum atomic E-state index is -1.59. The highest BCUT2D eigenvalue weighted by atomic mass is 19.1. The maximum absolute atomic E-state index is 13.9. The monoisotopic (exact) mass is 640 g/mol. The predicted molar refractivity (Wildman–Crippen MR) is 173 cm³/mol. The molecule has 1 fully saturated rings. The van der Waals surface area contributed by atoms with Gasteiger partial charge in [-0.1, -0.05) is 6.07 Å². The summed E-state index contributed by atoms with van der Waals surface area (Å²) in [7, 11) is 1.53. The SMILES string of the molecule is CNC(=O)CCNC(=O)[C@@]1(C)COc2c1cc([C@@](C)(O)CCC(=O)c1cc(OC3CC3)c3ncccc3c1)nc2-c1ccc(F)cc1. The molecular weight excluding hydrogens is 603 g/mol. The first-order chi connectivity index (χ1) is 22.5. The molecule has 1 aliphatic carbocycles. The number of aliphatic hydroxyl groups is 1. The molecule has 3 heterocycles. The van der Waals surface area contributed by atoms with Gasteiger partial charge in [-0.15, -0.1) is 0 Å². The highest BCUT2D eigenvalue weighted by Gasteiger charge is 2.46. The quantitative estimate of drug-likeness (QED) is 0.189. The van der Waals surface area contributed by atoms with Gasteiger partial charge < -0.3 is 25.2 Å². The van der Waals surface area contributed by atoms with Gasteiger partial charge in [0.1, 0.15) is 46.1 Å². The third-order valence-electron chi connectivity index (χ3n) is 8.81. The average Bonchev–Trinajstić information content (AvgIpc) is 3.83. The van der Waals surface area contributed by atoms with Gasteiger partial charge in [-0.25, -0.2) is 9.37 Å². The number of carbonyl (C=O) groups is 3. The van der Waals surface area contributed by atoms with Gasteiger partial charge in [0.2, 0.25) is 11.8 Å². The van der Waals surface area contributed by atoms with E-state index >= 15 is 0 Å². The number of benzene rings is 2. The van der Waals surface area contributed by atoms with E-state index < -0.39 is 16.8 Å². The Morgan fingerprint density at radius 1 is 1.13 bits per heavy atom. The molecule has 244 valence electrons. The molecule has 0 bridgehead atoms. The fourth-order valence-corrected chi connectivity index (χ4v) is 5.66. The zero-order valence-electron chi connectivity index (χ0n) is 26.6. The van der Waals surface area contributed by atoms with Gasteiger partial charge in [-0.05, 0) is 81.6 Å². The summed E-state index contributed by atoms with van der Waals surface area (Å²) in [6.45, 7) is 3.42. The number of nitrogens with one attached hydrogen (secondary N) is 2. The van der Waals surface area contributed by atoms with Crippen molar-refractivity contribution in [1.29, 1.82) is 0 Å². The second-order valence-corrected chi connectivity index (χ2v) is 12.6. The Labute approximate surface area is 271 Å². The van der Waals surface area contributed by atoms with E-state index in [4.69, 9.17) is 14.5 Å². The minimum absolute atomic E-state index is 0.0000301. The molecule has 1 saturated carbocycles. The van der Waals surface area contributed by atoms with Gasteiger partial charge in [-0.3, -0.25) is 19.4 Å². The summed E-state index contributed by atoms with van der Waals surface area (Å²) < 4.78 is 26.0. The standard InChI is InChI=1S/C36H37FN4O6/c1-35(34(44)40-16-13-30(43)38-3)20-46-33-26(35)19-29(41-32(33)21-6-8-24(37)9-7-21)36(2,45)14-12-27(42)23-17-22-5-4-15-39-31(22)28(18-23)47-25-10-11-25/h4-9,15,17-19,25,45H,10-14,16,20H2,1-3H3,(H,38,43)(H,40,44)/t35-,36-/m0/s1. The van der Waals surface area contributed by atoms with Crippen LogP contribution in [0.1, 0.15) is 67.6 Å². The summed E-state index contributed by atoms with van der Waals surface area (Å²) in [5.41, 5.74) is -0.00320. The predicted octanol–water partition coefficient (Wildman–Crippen LogP) is 4.75. The van der Waals surface area contributed by atoms with Crippen LogP contribution in [0.2, 0.25) is 0 Å². The Hall–Kier alpha value is -4.90. The van der Waals surface area contributed by atoms with Gasteiger partial charge >= 0.3 is 0 Å². The molecule has 1 aliphatic heterocycles. The third-order valence-corrected chi connectivity index (χ3v) is 8.81. The first kappa shape index (κ1) is 32.1. The topological polar surface area (TPSA) is 140 Å². The van der Waals surface area contributed by atoms with Crippen LogP contribution in [-0.2, 0) is 20.6 Å². The molecule has 2 atom stereocenters. The van der Waals surface area contributed by atoms with Gasteiger partial charge in [-0.2, -0.15) is 0 Å². The van der Waals surface area contributed by atoms with Crippen LogP contribution in [0.3, 0.4) is 0 Å². The van der Waals surface area contributed by atoms with Crippen LogP contribution < -0.4 is 20.1 Å². The molecule has 6 rings (SSSR count). The van der Waals surface area contributed by atoms with Crippen molar-refractivity contribution >= 4 is 28.5 Å². The van der Waals surface area contributed by atoms with Crippen molar-refractivity contribution in [3.63, 3.8) is 0 Å². The number of nitrogens with zero attached hydrogens (tertiary/aromatic N) is 2. The molecule has 0 unspecified atom stereocenters. The molecule has 0 radical (unpaired) electrons. The van der Waals surface area contributed by atoms with Crippen LogP contribution in [0.25, 0.3) is 22.2 Å². The normalized spacial score (nSPS) is 18.1. The largest absolute Gasteiger partial charge is 0.489 e. The molecule has 2 aliphatic rings. The molecule has 2 aromatic carbocycles. The lowest BCUT2D eigenvalue weighted by atomic mass is 9.81. The van der Waals surface area contributed by atoms with Crippen LogP contribution in [-0.4, -0.2) is 59.0 Å². The highest BCUT2D eigenvalue weighted by Crippen LogP contribution is 2.46. The Morgan fingerprint density at radius 2 is 1.89 bits per heavy atom. The van der Waals surface area contributed by atoms with Crippen molar-refractivity contribution in [3.05, 3.63) is 83.4 Å². The van der Waals surface area contributed by atoms with Crippen LogP contribution >= 0.6 is 0 Å². The van der Waals surface area contributed by atoms with Crippen LogP contribution in [0.15, 0.2) is 60.8 Å². The maximum atomic E-state index is 13.9. The van der Waals surface area contributed by atoms with E-state index in [0.717, 1.165) is 18.2 Å². The van der Waals surface area contributed by atoms with Crippen LogP contribution in [0.4, 0.5) is 4.39 Å². The first-order valence-corrected chi connectivity index (χ1v) is 15.7. The van der Waals surface area contributed by atoms with Crippen molar-refractivity contribution in [1.82, 2.24) is 20.6 Å². The summed E-state index contributed by atoms with van der Waals surface area (Å²) in [4.78, 5) is 48.0. The second-order valence-electron chi connectivity index (χ2n) is 12.6. The van der Waals surface area contributed by atoms with Crippen molar-refractivity contribution in [2.24, 2.45) is 0 Å². The number of pyridine rings is 2. The van der Waals surface area contributed by atoms with Gasteiger partial charge in [0.25, 0.3) is 0 Å². The second kappa shape index (κ2) is 12.7. The maximum Gasteiger partial charge on any atom is 0.234 e. The molecule has 47 heavy (non-hydrogen) atoms. The van der Waals surface area contributed by atoms with E-state index in [-0.39, 0.29) is 61.8 Å². The lowest BCUT2D eigenvalue weighted by molar-refractivity contribution is -0.126. The van der Waals surface area contributed by atoms with Crippen molar-refractivity contribution in [2.45, 2.75) is 63.1 Å². The van der Waals surface area contributed by atoms with E-state index in [2.05, 4.69) is 15.6 Å². The molecule has 2 aromatic heterocycles. The average molecular weight is 641 g/mol. The molecule has 2 amide bonds. The Kier molecular flexibility index (Phi) is 8.67. The molecule has 3 N–H and O–H groups in total. The number of hydrogen-bond donors (Lipinski definition) is 3. The summed E-state index contributed by atoms with van der Waals surface area (Å²) in [6.07, 6.45) is 3.88. The lowest BCUT2D eigenvalue weighted by Crippen LogP contribution is -2.44. The number of ether oxygens (including phenoxy) is 2. The summed E-state index contributed by atoms with van der Waals surface area (Å²) >= 11 is 0. The number of amides is 2. The van der Waals surface area contributed by atoms with E-state index in [1.54, 1.807) is 56.4 Å². The third kappa shape index (κ3) is 6.66. The van der Waals surface area contributed by atoms with Gasteiger partial charge in [0, 0.05) is 54.7 Å². The zero-order chi connectivity index (χ0) is 33.3. The smallest absolute Gasteiger partial charge is 0.234 e. The first-order valence-electron chi connectivity index (χ1n) is 15.7. The van der Waals surface area contributed by atoms with Crippen LogP contribution in [0, 0.1) is 5.82 Å². The van der Waals surface area contributed by atoms with E-state index in [1.165, 1.54) is 19.2 Å². The number of Topliss-reactive ketones (excluding diaryl/α,β-unsaturated/α-hetero) is 1. The number of fused-ring (bicyclic) bond motifs is 2. The zero-order valence-corrected chi connectivity index (χ0v) is 26.6. The number of ketones is 1. The Balaban J connectivity index is 1.30. The van der Waals surface area contributed by atoms with E-state index in [0.29, 0.717) is 39.4 Å². The Bertz CT molecular complexity index is 1860. The Morgan fingerprint density at radius 3 is 2.62 bits per heavy atom. The van der Waals surface area contributed by atoms with E-state index in [9.17, 15) is 23.9 Å². The molecule has 11 heteroatoms. The molecule has 0 saturated heterocycles. The number of hydrogen-bond acceptors (Lipinski definition) is 8. The number of halogens is 1. The molecule has 4 aromatic rings. The van der Waals surface area contributed by atoms with Gasteiger partial charge in [0.05, 0.1) is 11.8 Å². The molecule has 10 nitrogen and oxygen atoms in total. The summed E-state index contributed by atoms with van der Waals surface area (Å²) in [5.74, 6) is -0.251. The summed E-state index contributed by atoms with van der Waals surface area (Å²) in [5, 5.41) is 18.0. The fraction of sp³-hybridized carbons (Fsp3) is 0.361. The molecular formula is C36H37FN4O6.